The van der Waals surface area contributed by atoms with Crippen molar-refractivity contribution in [1.82, 2.24) is 14.7 Å². The molecule has 2 N–H and O–H groups in total. The lowest BCUT2D eigenvalue weighted by molar-refractivity contribution is 0.0786. The molecule has 0 aliphatic heterocycles. The van der Waals surface area contributed by atoms with E-state index < -0.39 is 5.91 Å². The molecule has 160 valence electrons. The fourth-order valence-electron chi connectivity index (χ4n) is 3.62. The molecule has 0 radical (unpaired) electrons. The molecule has 4 aromatic rings. The second-order valence-electron chi connectivity index (χ2n) is 7.77. The number of carbonyl (C=O) groups excluding carboxylic acids is 2. The average Bonchev–Trinajstić information content (AvgIpc) is 3.25. The number of rotatable bonds is 6. The number of nitrogens with two attached hydrogens (primary N) is 1. The van der Waals surface area contributed by atoms with E-state index >= 15 is 0 Å². The second kappa shape index (κ2) is 8.89. The molecule has 0 saturated heterocycles. The van der Waals surface area contributed by atoms with Gasteiger partial charge in [-0.15, -0.1) is 0 Å². The van der Waals surface area contributed by atoms with Gasteiger partial charge < -0.3 is 10.6 Å². The molecular formula is C26H24N4O2. The van der Waals surface area contributed by atoms with Crippen molar-refractivity contribution in [1.29, 1.82) is 0 Å². The van der Waals surface area contributed by atoms with Gasteiger partial charge in [-0.2, -0.15) is 5.10 Å². The zero-order valence-electron chi connectivity index (χ0n) is 18.0. The first kappa shape index (κ1) is 21.1. The lowest BCUT2D eigenvalue weighted by atomic mass is 10.0. The summed E-state index contributed by atoms with van der Waals surface area (Å²) in [6.07, 6.45) is 1.77. The highest BCUT2D eigenvalue weighted by Gasteiger charge is 2.22. The van der Waals surface area contributed by atoms with Gasteiger partial charge in [0.05, 0.1) is 11.3 Å². The minimum Gasteiger partial charge on any atom is -0.366 e. The van der Waals surface area contributed by atoms with E-state index in [-0.39, 0.29) is 5.91 Å². The normalized spacial score (nSPS) is 10.7. The van der Waals surface area contributed by atoms with Gasteiger partial charge in [0.1, 0.15) is 5.69 Å². The number of carbonyl (C=O) groups is 2. The molecule has 4 rings (SSSR count). The van der Waals surface area contributed by atoms with Gasteiger partial charge in [0.25, 0.3) is 5.91 Å². The van der Waals surface area contributed by atoms with E-state index in [2.05, 4.69) is 0 Å². The van der Waals surface area contributed by atoms with Crippen LogP contribution in [0.1, 0.15) is 31.8 Å². The molecule has 3 aromatic carbocycles. The lowest BCUT2D eigenvalue weighted by Crippen LogP contribution is -2.26. The molecule has 0 bridgehead atoms. The maximum Gasteiger partial charge on any atom is 0.257 e. The first-order valence-electron chi connectivity index (χ1n) is 10.3. The SMILES string of the molecule is Cc1cccc(-c2nn(-c3ccccc3)cc2C(=O)N(C)Cc2cccc(C(N)=O)c2)c1. The summed E-state index contributed by atoms with van der Waals surface area (Å²) in [6.45, 7) is 2.35. The second-order valence-corrected chi connectivity index (χ2v) is 7.77. The number of aryl methyl sites for hydroxylation is 1. The molecule has 0 unspecified atom stereocenters. The van der Waals surface area contributed by atoms with Crippen molar-refractivity contribution >= 4 is 11.8 Å². The lowest BCUT2D eigenvalue weighted by Gasteiger charge is -2.17. The summed E-state index contributed by atoms with van der Waals surface area (Å²) in [7, 11) is 1.74. The standard InChI is InChI=1S/C26H24N4O2/c1-18-8-6-10-20(14-18)24-23(17-30(28-24)22-12-4-3-5-13-22)26(32)29(2)16-19-9-7-11-21(15-19)25(27)31/h3-15,17H,16H2,1-2H3,(H2,27,31). The Labute approximate surface area is 186 Å². The number of aromatic nitrogens is 2. The fraction of sp³-hybridized carbons (Fsp3) is 0.115. The summed E-state index contributed by atoms with van der Waals surface area (Å²) in [5.41, 5.74) is 10.6. The van der Waals surface area contributed by atoms with Crippen LogP contribution in [-0.4, -0.2) is 33.5 Å². The predicted octanol–water partition coefficient (Wildman–Crippen LogP) is 4.22. The van der Waals surface area contributed by atoms with Crippen molar-refractivity contribution in [3.05, 3.63) is 107 Å². The monoisotopic (exact) mass is 424 g/mol. The highest BCUT2D eigenvalue weighted by Crippen LogP contribution is 2.26. The Morgan fingerprint density at radius 3 is 2.44 bits per heavy atom. The van der Waals surface area contributed by atoms with E-state index in [1.54, 1.807) is 41.0 Å². The molecular weight excluding hydrogens is 400 g/mol. The van der Waals surface area contributed by atoms with E-state index in [9.17, 15) is 9.59 Å². The van der Waals surface area contributed by atoms with Crippen molar-refractivity contribution in [3.8, 4) is 16.9 Å². The van der Waals surface area contributed by atoms with Gasteiger partial charge in [-0.25, -0.2) is 4.68 Å². The Morgan fingerprint density at radius 1 is 0.969 bits per heavy atom. The molecule has 0 fully saturated rings. The van der Waals surface area contributed by atoms with Gasteiger partial charge in [0, 0.05) is 30.9 Å². The summed E-state index contributed by atoms with van der Waals surface area (Å²) >= 11 is 0. The molecule has 6 heteroatoms. The number of amides is 2. The highest BCUT2D eigenvalue weighted by atomic mass is 16.2. The largest absolute Gasteiger partial charge is 0.366 e. The number of benzene rings is 3. The number of nitrogens with zero attached hydrogens (tertiary/aromatic N) is 3. The average molecular weight is 425 g/mol. The zero-order valence-corrected chi connectivity index (χ0v) is 18.0. The molecule has 0 spiro atoms. The highest BCUT2D eigenvalue weighted by molar-refractivity contribution is 6.00. The van der Waals surface area contributed by atoms with E-state index in [1.807, 2.05) is 67.6 Å². The Hall–Kier alpha value is -4.19. The maximum absolute atomic E-state index is 13.5. The molecule has 0 aliphatic rings. The topological polar surface area (TPSA) is 81.2 Å². The smallest absolute Gasteiger partial charge is 0.257 e. The first-order chi connectivity index (χ1) is 15.4. The van der Waals surface area contributed by atoms with E-state index in [4.69, 9.17) is 10.8 Å². The van der Waals surface area contributed by atoms with Crippen molar-refractivity contribution in [2.45, 2.75) is 13.5 Å². The van der Waals surface area contributed by atoms with E-state index in [0.29, 0.717) is 23.4 Å². The quantitative estimate of drug-likeness (QED) is 0.503. The molecule has 6 nitrogen and oxygen atoms in total. The van der Waals surface area contributed by atoms with Gasteiger partial charge in [0.15, 0.2) is 0 Å². The van der Waals surface area contributed by atoms with Crippen LogP contribution in [0.4, 0.5) is 0 Å². The third kappa shape index (κ3) is 4.44. The Balaban J connectivity index is 1.71. The van der Waals surface area contributed by atoms with E-state index in [0.717, 1.165) is 22.4 Å². The summed E-state index contributed by atoms with van der Waals surface area (Å²) in [6, 6.07) is 24.6. The van der Waals surface area contributed by atoms with Crippen LogP contribution in [0, 0.1) is 6.92 Å². The minimum absolute atomic E-state index is 0.159. The van der Waals surface area contributed by atoms with Crippen LogP contribution in [0.2, 0.25) is 0 Å². The summed E-state index contributed by atoms with van der Waals surface area (Å²) in [5, 5.41) is 4.75. The molecule has 1 heterocycles. The number of hydrogen-bond donors (Lipinski definition) is 1. The van der Waals surface area contributed by atoms with Crippen molar-refractivity contribution < 1.29 is 9.59 Å². The predicted molar refractivity (Wildman–Crippen MR) is 124 cm³/mol. The Kier molecular flexibility index (Phi) is 5.85. The third-order valence-electron chi connectivity index (χ3n) is 5.23. The Bertz CT molecular complexity index is 1280. The molecule has 1 aromatic heterocycles. The molecule has 0 saturated carbocycles. The van der Waals surface area contributed by atoms with Crippen LogP contribution in [0.5, 0.6) is 0 Å². The molecule has 0 aliphatic carbocycles. The number of para-hydroxylation sites is 1. The summed E-state index contributed by atoms with van der Waals surface area (Å²) in [5.74, 6) is -0.653. The van der Waals surface area contributed by atoms with Crippen LogP contribution in [0.25, 0.3) is 16.9 Å². The van der Waals surface area contributed by atoms with Crippen molar-refractivity contribution in [2.24, 2.45) is 5.73 Å². The molecule has 0 atom stereocenters. The van der Waals surface area contributed by atoms with Crippen LogP contribution in [0.3, 0.4) is 0 Å². The fourth-order valence-corrected chi connectivity index (χ4v) is 3.62. The van der Waals surface area contributed by atoms with Crippen LogP contribution < -0.4 is 5.73 Å². The maximum atomic E-state index is 13.5. The van der Waals surface area contributed by atoms with Crippen LogP contribution in [0.15, 0.2) is 85.1 Å². The van der Waals surface area contributed by atoms with Crippen molar-refractivity contribution in [3.63, 3.8) is 0 Å². The summed E-state index contributed by atoms with van der Waals surface area (Å²) < 4.78 is 1.73. The van der Waals surface area contributed by atoms with Crippen molar-refractivity contribution in [2.75, 3.05) is 7.05 Å². The van der Waals surface area contributed by atoms with Crippen LogP contribution in [-0.2, 0) is 6.54 Å². The van der Waals surface area contributed by atoms with Gasteiger partial charge in [-0.1, -0.05) is 54.1 Å². The third-order valence-corrected chi connectivity index (χ3v) is 5.23. The van der Waals surface area contributed by atoms with Crippen LogP contribution >= 0.6 is 0 Å². The minimum atomic E-state index is -0.494. The van der Waals surface area contributed by atoms with Gasteiger partial charge in [0.2, 0.25) is 5.91 Å². The van der Waals surface area contributed by atoms with Gasteiger partial charge >= 0.3 is 0 Å². The molecule has 2 amide bonds. The Morgan fingerprint density at radius 2 is 1.72 bits per heavy atom. The summed E-state index contributed by atoms with van der Waals surface area (Å²) in [4.78, 5) is 26.6. The number of hydrogen-bond acceptors (Lipinski definition) is 3. The zero-order chi connectivity index (χ0) is 22.7. The van der Waals surface area contributed by atoms with E-state index in [1.165, 1.54) is 0 Å². The van der Waals surface area contributed by atoms with Gasteiger partial charge in [-0.3, -0.25) is 9.59 Å². The number of primary amides is 1. The van der Waals surface area contributed by atoms with Gasteiger partial charge in [-0.05, 0) is 42.8 Å². The molecule has 32 heavy (non-hydrogen) atoms. The first-order valence-corrected chi connectivity index (χ1v) is 10.3.